The molecule has 6 heteroatoms. The van der Waals surface area contributed by atoms with Crippen molar-refractivity contribution in [1.29, 1.82) is 0 Å². The molecular formula is C20H22N4O2. The largest absolute Gasteiger partial charge is 0.479 e. The number of aryl methyl sites for hydroxylation is 2. The van der Waals surface area contributed by atoms with Crippen molar-refractivity contribution >= 4 is 5.91 Å². The van der Waals surface area contributed by atoms with Gasteiger partial charge in [-0.2, -0.15) is 0 Å². The van der Waals surface area contributed by atoms with Gasteiger partial charge in [0, 0.05) is 25.5 Å². The molecule has 0 aliphatic heterocycles. The van der Waals surface area contributed by atoms with Gasteiger partial charge in [0.25, 0.3) is 5.91 Å². The van der Waals surface area contributed by atoms with E-state index in [4.69, 9.17) is 4.74 Å². The van der Waals surface area contributed by atoms with Crippen LogP contribution in [0.1, 0.15) is 27.3 Å². The van der Waals surface area contributed by atoms with E-state index in [-0.39, 0.29) is 5.91 Å². The molecule has 0 unspecified atom stereocenters. The van der Waals surface area contributed by atoms with E-state index in [0.29, 0.717) is 24.5 Å². The highest BCUT2D eigenvalue weighted by Gasteiger charge is 2.23. The first-order valence-corrected chi connectivity index (χ1v) is 8.40. The van der Waals surface area contributed by atoms with Gasteiger partial charge in [-0.25, -0.2) is 0 Å². The quantitative estimate of drug-likeness (QED) is 0.686. The predicted octanol–water partition coefficient (Wildman–Crippen LogP) is 2.97. The van der Waals surface area contributed by atoms with Crippen LogP contribution in [0, 0.1) is 6.92 Å². The Bertz CT molecular complexity index is 890. The lowest BCUT2D eigenvalue weighted by atomic mass is 10.2. The number of hydrogen-bond acceptors (Lipinski definition) is 4. The first-order valence-electron chi connectivity index (χ1n) is 8.40. The van der Waals surface area contributed by atoms with Crippen molar-refractivity contribution in [3.8, 4) is 5.88 Å². The van der Waals surface area contributed by atoms with Gasteiger partial charge in [0.15, 0.2) is 0 Å². The van der Waals surface area contributed by atoms with Gasteiger partial charge in [-0.1, -0.05) is 36.4 Å². The zero-order chi connectivity index (χ0) is 18.5. The number of aromatic nitrogens is 3. The molecule has 0 bridgehead atoms. The number of carbonyl (C=O) groups excluding carboxylic acids is 1. The van der Waals surface area contributed by atoms with Crippen LogP contribution in [0.5, 0.6) is 5.88 Å². The lowest BCUT2D eigenvalue weighted by Gasteiger charge is -2.22. The zero-order valence-corrected chi connectivity index (χ0v) is 15.2. The van der Waals surface area contributed by atoms with Crippen LogP contribution in [0.2, 0.25) is 0 Å². The van der Waals surface area contributed by atoms with Gasteiger partial charge in [0.1, 0.15) is 5.56 Å². The smallest absolute Gasteiger partial charge is 0.261 e. The van der Waals surface area contributed by atoms with Gasteiger partial charge in [0.05, 0.1) is 19.3 Å². The minimum absolute atomic E-state index is 0.137. The Morgan fingerprint density at radius 1 is 1.12 bits per heavy atom. The number of pyridine rings is 1. The summed E-state index contributed by atoms with van der Waals surface area (Å²) in [7, 11) is 3.28. The van der Waals surface area contributed by atoms with E-state index < -0.39 is 0 Å². The average molecular weight is 350 g/mol. The maximum absolute atomic E-state index is 13.2. The Morgan fingerprint density at radius 2 is 1.88 bits per heavy atom. The summed E-state index contributed by atoms with van der Waals surface area (Å²) in [4.78, 5) is 19.5. The first-order chi connectivity index (χ1) is 12.6. The molecule has 1 amide bonds. The van der Waals surface area contributed by atoms with Crippen LogP contribution in [0.25, 0.3) is 0 Å². The van der Waals surface area contributed by atoms with Crippen molar-refractivity contribution in [2.45, 2.75) is 20.0 Å². The molecule has 0 aliphatic carbocycles. The molecule has 1 aromatic carbocycles. The Kier molecular flexibility index (Phi) is 5.31. The highest BCUT2D eigenvalue weighted by atomic mass is 16.5. The summed E-state index contributed by atoms with van der Waals surface area (Å²) in [5.74, 6) is 0.190. The van der Waals surface area contributed by atoms with Crippen LogP contribution in [0.3, 0.4) is 0 Å². The summed E-state index contributed by atoms with van der Waals surface area (Å²) in [6.45, 7) is 2.83. The molecule has 134 valence electrons. The standard InChI is InChI=1S/C20H22N4O2/c1-15-8-7-11-17(21-15)13-24(12-16-9-5-4-6-10-16)20(25)18-14-23(2)22-19(18)26-3/h4-11,14H,12-13H2,1-3H3. The van der Waals surface area contributed by atoms with Crippen molar-refractivity contribution in [3.63, 3.8) is 0 Å². The molecule has 0 spiro atoms. The monoisotopic (exact) mass is 350 g/mol. The van der Waals surface area contributed by atoms with Gasteiger partial charge >= 0.3 is 0 Å². The fraction of sp³-hybridized carbons (Fsp3) is 0.250. The van der Waals surface area contributed by atoms with Crippen LogP contribution in [0.4, 0.5) is 0 Å². The van der Waals surface area contributed by atoms with Crippen molar-refractivity contribution < 1.29 is 9.53 Å². The topological polar surface area (TPSA) is 60.3 Å². The molecule has 0 fully saturated rings. The van der Waals surface area contributed by atoms with Gasteiger partial charge in [-0.15, -0.1) is 5.10 Å². The van der Waals surface area contributed by atoms with Crippen LogP contribution in [-0.2, 0) is 20.1 Å². The highest BCUT2D eigenvalue weighted by Crippen LogP contribution is 2.20. The molecule has 0 aliphatic rings. The van der Waals surface area contributed by atoms with E-state index in [9.17, 15) is 4.79 Å². The Balaban J connectivity index is 1.92. The van der Waals surface area contributed by atoms with E-state index in [1.807, 2.05) is 55.5 Å². The van der Waals surface area contributed by atoms with Crippen molar-refractivity contribution in [3.05, 3.63) is 77.2 Å². The molecule has 2 heterocycles. The first kappa shape index (κ1) is 17.7. The average Bonchev–Trinajstić information content (AvgIpc) is 3.02. The summed E-state index contributed by atoms with van der Waals surface area (Å²) in [5, 5.41) is 4.19. The molecule has 3 aromatic rings. The molecule has 0 radical (unpaired) electrons. The van der Waals surface area contributed by atoms with Gasteiger partial charge in [0.2, 0.25) is 5.88 Å². The van der Waals surface area contributed by atoms with Crippen molar-refractivity contribution in [2.24, 2.45) is 7.05 Å². The van der Waals surface area contributed by atoms with Gasteiger partial charge < -0.3 is 9.64 Å². The summed E-state index contributed by atoms with van der Waals surface area (Å²) in [6, 6.07) is 15.7. The Labute approximate surface area is 153 Å². The SMILES string of the molecule is COc1nn(C)cc1C(=O)N(Cc1ccccc1)Cc1cccc(C)n1. The number of ether oxygens (including phenoxy) is 1. The third-order valence-electron chi connectivity index (χ3n) is 4.02. The fourth-order valence-corrected chi connectivity index (χ4v) is 2.82. The number of carbonyl (C=O) groups is 1. The minimum atomic E-state index is -0.137. The zero-order valence-electron chi connectivity index (χ0n) is 15.2. The van der Waals surface area contributed by atoms with Crippen LogP contribution in [0.15, 0.2) is 54.7 Å². The fourth-order valence-electron chi connectivity index (χ4n) is 2.82. The number of methoxy groups -OCH3 is 1. The molecule has 6 nitrogen and oxygen atoms in total. The summed E-state index contributed by atoms with van der Waals surface area (Å²) >= 11 is 0. The molecule has 2 aromatic heterocycles. The summed E-state index contributed by atoms with van der Waals surface area (Å²) in [6.07, 6.45) is 1.68. The minimum Gasteiger partial charge on any atom is -0.479 e. The lowest BCUT2D eigenvalue weighted by Crippen LogP contribution is -2.30. The number of hydrogen-bond donors (Lipinski definition) is 0. The van der Waals surface area contributed by atoms with E-state index >= 15 is 0 Å². The predicted molar refractivity (Wildman–Crippen MR) is 98.8 cm³/mol. The van der Waals surface area contributed by atoms with Gasteiger partial charge in [-0.05, 0) is 24.6 Å². The van der Waals surface area contributed by atoms with E-state index in [1.165, 1.54) is 7.11 Å². The number of rotatable bonds is 6. The number of amides is 1. The van der Waals surface area contributed by atoms with Crippen LogP contribution in [-0.4, -0.2) is 32.7 Å². The van der Waals surface area contributed by atoms with Crippen LogP contribution >= 0.6 is 0 Å². The van der Waals surface area contributed by atoms with Crippen LogP contribution < -0.4 is 4.74 Å². The Hall–Kier alpha value is -3.15. The van der Waals surface area contributed by atoms with Crippen molar-refractivity contribution in [1.82, 2.24) is 19.7 Å². The number of nitrogens with zero attached hydrogens (tertiary/aromatic N) is 4. The maximum atomic E-state index is 13.2. The van der Waals surface area contributed by atoms with Crippen molar-refractivity contribution in [2.75, 3.05) is 7.11 Å². The van der Waals surface area contributed by atoms with Gasteiger partial charge in [-0.3, -0.25) is 14.5 Å². The second kappa shape index (κ2) is 7.82. The van der Waals surface area contributed by atoms with E-state index in [1.54, 1.807) is 22.8 Å². The number of benzene rings is 1. The van der Waals surface area contributed by atoms with E-state index in [2.05, 4.69) is 10.1 Å². The second-order valence-corrected chi connectivity index (χ2v) is 6.14. The van der Waals surface area contributed by atoms with E-state index in [0.717, 1.165) is 17.0 Å². The molecule has 0 saturated carbocycles. The highest BCUT2D eigenvalue weighted by molar-refractivity contribution is 5.96. The lowest BCUT2D eigenvalue weighted by molar-refractivity contribution is 0.0724. The summed E-state index contributed by atoms with van der Waals surface area (Å²) < 4.78 is 6.84. The molecule has 3 rings (SSSR count). The maximum Gasteiger partial charge on any atom is 0.261 e. The normalized spacial score (nSPS) is 10.6. The molecule has 0 N–H and O–H groups in total. The third kappa shape index (κ3) is 4.08. The molecule has 0 atom stereocenters. The Morgan fingerprint density at radius 3 is 2.58 bits per heavy atom. The molecule has 26 heavy (non-hydrogen) atoms. The molecular weight excluding hydrogens is 328 g/mol. The molecule has 0 saturated heterocycles. The second-order valence-electron chi connectivity index (χ2n) is 6.14. The summed E-state index contributed by atoms with van der Waals surface area (Å²) in [5.41, 5.74) is 3.26. The third-order valence-corrected chi connectivity index (χ3v) is 4.02.